The van der Waals surface area contributed by atoms with Crippen molar-refractivity contribution in [2.45, 2.75) is 131 Å². The maximum Gasteiger partial charge on any atom is 0.264 e. The van der Waals surface area contributed by atoms with Crippen LogP contribution in [0, 0.1) is 0 Å². The molecular weight excluding hydrogens is 1380 g/mol. The van der Waals surface area contributed by atoms with Crippen LogP contribution in [-0.4, -0.2) is 13.4 Å². The summed E-state index contributed by atoms with van der Waals surface area (Å²) in [5, 5.41) is 2.35. The van der Waals surface area contributed by atoms with Gasteiger partial charge >= 0.3 is 0 Å². The molecule has 0 saturated carbocycles. The van der Waals surface area contributed by atoms with Gasteiger partial charge in [-0.2, -0.15) is 0 Å². The Morgan fingerprint density at radius 1 is 0.277 bits per heavy atom. The summed E-state index contributed by atoms with van der Waals surface area (Å²) in [5.74, 6) is 0.817. The fraction of sp³-hybridized carbons (Fsp3) is 0.196. The van der Waals surface area contributed by atoms with Crippen molar-refractivity contribution < 1.29 is 4.42 Å². The predicted molar refractivity (Wildman–Crippen MR) is 483 cm³/mol. The summed E-state index contributed by atoms with van der Waals surface area (Å²) in [6.07, 6.45) is 0. The minimum absolute atomic E-state index is 0.0677. The van der Waals surface area contributed by atoms with Crippen LogP contribution in [0.2, 0.25) is 0 Å². The molecule has 0 radical (unpaired) electrons. The van der Waals surface area contributed by atoms with Crippen molar-refractivity contribution in [2.75, 3.05) is 29.4 Å². The zero-order valence-electron chi connectivity index (χ0n) is 66.9. The third-order valence-electron chi connectivity index (χ3n) is 23.7. The molecule has 10 heteroatoms. The zero-order valence-corrected chi connectivity index (χ0v) is 67.8. The highest BCUT2D eigenvalue weighted by Gasteiger charge is 2.52. The van der Waals surface area contributed by atoms with Gasteiger partial charge in [0.25, 0.3) is 13.4 Å². The molecule has 4 aliphatic heterocycles. The molecule has 4 aliphatic rings. The molecule has 550 valence electrons. The Morgan fingerprint density at radius 3 is 1.03 bits per heavy atom. The molecule has 0 unspecified atom stereocenters. The summed E-state index contributed by atoms with van der Waals surface area (Å²) < 4.78 is 10.2. The van der Waals surface area contributed by atoms with E-state index in [1.165, 1.54) is 70.2 Å². The van der Waals surface area contributed by atoms with Gasteiger partial charge in [-0.25, -0.2) is 0 Å². The highest BCUT2D eigenvalue weighted by Crippen LogP contribution is 2.55. The minimum Gasteiger partial charge on any atom is -0.440 e. The van der Waals surface area contributed by atoms with Crippen LogP contribution >= 0.6 is 11.3 Å². The van der Waals surface area contributed by atoms with Crippen molar-refractivity contribution >= 4 is 180 Å². The van der Waals surface area contributed by atoms with Gasteiger partial charge in [-0.05, 0) is 222 Å². The third kappa shape index (κ3) is 11.7. The van der Waals surface area contributed by atoms with Crippen LogP contribution in [0.25, 0.3) is 21.1 Å². The van der Waals surface area contributed by atoms with Crippen LogP contribution in [0.15, 0.2) is 302 Å². The smallest absolute Gasteiger partial charge is 0.264 e. The molecule has 13 aromatic carbocycles. The van der Waals surface area contributed by atoms with Crippen molar-refractivity contribution in [1.82, 2.24) is 0 Å². The highest BCUT2D eigenvalue weighted by atomic mass is 32.1. The number of anilines is 18. The maximum atomic E-state index is 7.65. The molecule has 0 saturated heterocycles. The van der Waals surface area contributed by atoms with E-state index >= 15 is 0 Å². The van der Waals surface area contributed by atoms with Crippen LogP contribution in [0.1, 0.15) is 132 Å². The van der Waals surface area contributed by atoms with Gasteiger partial charge in [-0.15, -0.1) is 11.3 Å². The van der Waals surface area contributed by atoms with E-state index in [2.05, 4.69) is 431 Å². The monoisotopic (exact) mass is 1470 g/mol. The summed E-state index contributed by atoms with van der Waals surface area (Å²) >= 11 is 1.97. The largest absolute Gasteiger partial charge is 0.440 e. The Morgan fingerprint density at radius 2 is 0.616 bits per heavy atom. The fourth-order valence-electron chi connectivity index (χ4n) is 17.9. The van der Waals surface area contributed by atoms with Crippen molar-refractivity contribution in [3.8, 4) is 0 Å². The fourth-order valence-corrected chi connectivity index (χ4v) is 19.2. The molecule has 112 heavy (non-hydrogen) atoms. The average molecular weight is 1470 g/mol. The van der Waals surface area contributed by atoms with Crippen LogP contribution in [0.4, 0.5) is 103 Å². The van der Waals surface area contributed by atoms with Gasteiger partial charge in [-0.3, -0.25) is 4.90 Å². The second kappa shape index (κ2) is 25.9. The molecule has 7 nitrogen and oxygen atoms in total. The number of nitrogens with zero attached hydrogens (tertiary/aromatic N) is 6. The van der Waals surface area contributed by atoms with E-state index in [-0.39, 0.29) is 40.5 Å². The van der Waals surface area contributed by atoms with Gasteiger partial charge in [0.2, 0.25) is 5.88 Å². The lowest BCUT2D eigenvalue weighted by Gasteiger charge is -2.47. The lowest BCUT2D eigenvalue weighted by molar-refractivity contribution is 0.590. The second-order valence-corrected chi connectivity index (χ2v) is 37.4. The number of thiophene rings is 1. The van der Waals surface area contributed by atoms with Crippen molar-refractivity contribution in [3.05, 3.63) is 325 Å². The van der Waals surface area contributed by atoms with E-state index in [1.807, 2.05) is 11.3 Å². The molecule has 0 fully saturated rings. The van der Waals surface area contributed by atoms with E-state index in [4.69, 9.17) is 4.42 Å². The average Bonchev–Trinajstić information content (AvgIpc) is 1.21. The standard InChI is InChI=1S/C102H94B2N6OS/c1-98(2,3)65-40-49-74(50-41-65)107-84-64-85-83(63-82(84)103-92-80-38-28-29-39-90(80)111-97(92)110(77-55-46-68(47-56-77)101(10,11)12)89-62-79(59-86(107)93(89)103)106(72-34-24-18-25-35-72)73-36-26-19-27-37-73)104-94-87(108(85)75-51-42-66(43-52-75)99(4,5)6)60-78(105(70-30-20-16-21-31-70)71-32-22-17-23-33-71)61-88(94)109(76-53-44-67(45-54-76)100(7,8)9)95-81-58-69(102(13,14)15)48-57-91(81)112-96(95)104/h16-64H,1-15H3. The van der Waals surface area contributed by atoms with Crippen LogP contribution in [0.5, 0.6) is 0 Å². The summed E-state index contributed by atoms with van der Waals surface area (Å²) in [6, 6.07) is 113. The third-order valence-corrected chi connectivity index (χ3v) is 25.0. The Hall–Kier alpha value is -11.7. The molecule has 0 atom stereocenters. The van der Waals surface area contributed by atoms with Gasteiger partial charge < -0.3 is 28.9 Å². The van der Waals surface area contributed by atoms with E-state index in [0.29, 0.717) is 0 Å². The van der Waals surface area contributed by atoms with Crippen LogP contribution in [0.3, 0.4) is 0 Å². The summed E-state index contributed by atoms with van der Waals surface area (Å²) in [4.78, 5) is 15.3. The quantitative estimate of drug-likeness (QED) is 0.126. The molecule has 0 N–H and O–H groups in total. The van der Waals surface area contributed by atoms with Crippen LogP contribution < -0.4 is 61.5 Å². The normalized spacial score (nSPS) is 13.7. The number of furan rings is 1. The van der Waals surface area contributed by atoms with Gasteiger partial charge in [0, 0.05) is 105 Å². The molecular formula is C102H94B2N6OS. The predicted octanol–water partition coefficient (Wildman–Crippen LogP) is 25.2. The van der Waals surface area contributed by atoms with Crippen molar-refractivity contribution in [1.29, 1.82) is 0 Å². The molecule has 0 aliphatic carbocycles. The number of rotatable bonds is 10. The maximum absolute atomic E-state index is 7.65. The first-order valence-electron chi connectivity index (χ1n) is 39.8. The number of hydrogen-bond acceptors (Lipinski definition) is 8. The number of para-hydroxylation sites is 5. The van der Waals surface area contributed by atoms with Gasteiger partial charge in [0.15, 0.2) is 0 Å². The molecule has 0 bridgehead atoms. The molecule has 15 aromatic rings. The first-order valence-corrected chi connectivity index (χ1v) is 40.6. The SMILES string of the molecule is CC(C)(C)c1ccc(N2c3cc4c(cc3B3c5c2cc(N(c2ccccc2)c2ccccc2)cc5N(c2ccc(C(C)(C)C)cc2)c2oc5ccccc5c23)B2c3sc5ccc(C(C)(C)C)cc5c3N(c3ccc(C(C)(C)C)cc3)c3cc(N(c5ccccc5)c5ccccc5)cc(c32)N4c2ccc(C(C)(C)C)cc2)cc1. The van der Waals surface area contributed by atoms with Gasteiger partial charge in [0.05, 0.1) is 17.1 Å². The van der Waals surface area contributed by atoms with Crippen molar-refractivity contribution in [2.24, 2.45) is 0 Å². The Bertz CT molecular complexity index is 6080. The van der Waals surface area contributed by atoms with Gasteiger partial charge in [-0.1, -0.05) is 256 Å². The first kappa shape index (κ1) is 70.7. The number of hydrogen-bond donors (Lipinski definition) is 0. The Kier molecular flexibility index (Phi) is 16.4. The number of fused-ring (bicyclic) bond motifs is 12. The topological polar surface area (TPSA) is 32.6 Å². The molecule has 19 rings (SSSR count). The lowest BCUT2D eigenvalue weighted by atomic mass is 9.31. The van der Waals surface area contributed by atoms with E-state index < -0.39 is 0 Å². The Labute approximate surface area is 665 Å². The molecule has 2 aromatic heterocycles. The number of benzene rings is 13. The zero-order chi connectivity index (χ0) is 77.2. The van der Waals surface area contributed by atoms with Crippen LogP contribution in [-0.2, 0) is 27.1 Å². The van der Waals surface area contributed by atoms with E-state index in [9.17, 15) is 0 Å². The summed E-state index contributed by atoms with van der Waals surface area (Å²) in [7, 11) is 0. The van der Waals surface area contributed by atoms with E-state index in [1.54, 1.807) is 0 Å². The van der Waals surface area contributed by atoms with E-state index in [0.717, 1.165) is 113 Å². The minimum atomic E-state index is -0.333. The first-order chi connectivity index (χ1) is 53.7. The second-order valence-electron chi connectivity index (χ2n) is 36.3. The van der Waals surface area contributed by atoms with Crippen molar-refractivity contribution in [3.63, 3.8) is 0 Å². The lowest BCUT2D eigenvalue weighted by Crippen LogP contribution is -2.64. The molecule has 0 spiro atoms. The summed E-state index contributed by atoms with van der Waals surface area (Å²) in [5.41, 5.74) is 31.3. The van der Waals surface area contributed by atoms with Gasteiger partial charge in [0.1, 0.15) is 5.58 Å². The summed E-state index contributed by atoms with van der Waals surface area (Å²) in [6.45, 7) is 34.3. The highest BCUT2D eigenvalue weighted by molar-refractivity contribution is 7.33. The molecule has 6 heterocycles. The Balaban J connectivity index is 0.982. The molecule has 0 amide bonds.